The van der Waals surface area contributed by atoms with Crippen molar-refractivity contribution in [1.82, 2.24) is 29.6 Å². The summed E-state index contributed by atoms with van der Waals surface area (Å²) in [6.45, 7) is 9.17. The SMILES string of the molecule is Cc1ncc(-c2cc(C)c3c(c2)c(C(C)O)nn3CC(=O)N2[C@H](C(=O)Nc3nc(Br)ccc3C)C[C@@]3(C)C#C[C@@H]23)cn1. The van der Waals surface area contributed by atoms with Gasteiger partial charge in [-0.15, -0.1) is 0 Å². The quantitative estimate of drug-likeness (QED) is 0.242. The molecule has 1 fully saturated rings. The molecular formula is C31H30BrN7O3. The van der Waals surface area contributed by atoms with Crippen LogP contribution in [0.2, 0.25) is 0 Å². The molecule has 6 rings (SSSR count). The minimum absolute atomic E-state index is 0.108. The van der Waals surface area contributed by atoms with E-state index in [-0.39, 0.29) is 24.4 Å². The van der Waals surface area contributed by atoms with Crippen molar-refractivity contribution in [3.8, 4) is 23.0 Å². The van der Waals surface area contributed by atoms with Crippen LogP contribution >= 0.6 is 15.9 Å². The lowest BCUT2D eigenvalue weighted by molar-refractivity contribution is -0.138. The number of benzene rings is 1. The van der Waals surface area contributed by atoms with E-state index in [9.17, 15) is 14.7 Å². The fraction of sp³-hybridized carbons (Fsp3) is 0.355. The van der Waals surface area contributed by atoms with Crippen LogP contribution in [0.1, 0.15) is 49.0 Å². The van der Waals surface area contributed by atoms with Gasteiger partial charge in [0.2, 0.25) is 11.8 Å². The maximum atomic E-state index is 14.0. The Morgan fingerprint density at radius 2 is 1.90 bits per heavy atom. The number of fused-ring (bicyclic) bond motifs is 2. The van der Waals surface area contributed by atoms with E-state index in [0.29, 0.717) is 28.4 Å². The number of amides is 2. The number of aliphatic hydroxyl groups excluding tert-OH is 1. The van der Waals surface area contributed by atoms with Crippen LogP contribution in [0.3, 0.4) is 0 Å². The van der Waals surface area contributed by atoms with Crippen molar-refractivity contribution in [1.29, 1.82) is 0 Å². The zero-order chi connectivity index (χ0) is 29.9. The van der Waals surface area contributed by atoms with Crippen LogP contribution < -0.4 is 5.32 Å². The number of hydrogen-bond acceptors (Lipinski definition) is 7. The summed E-state index contributed by atoms with van der Waals surface area (Å²) in [5.41, 5.74) is 4.18. The predicted octanol–water partition coefficient (Wildman–Crippen LogP) is 4.26. The van der Waals surface area contributed by atoms with Crippen LogP contribution in [0.5, 0.6) is 0 Å². The maximum absolute atomic E-state index is 14.0. The van der Waals surface area contributed by atoms with Crippen LogP contribution in [-0.2, 0) is 16.1 Å². The summed E-state index contributed by atoms with van der Waals surface area (Å²) in [7, 11) is 0. The number of rotatable bonds is 6. The first-order valence-electron chi connectivity index (χ1n) is 13.7. The topological polar surface area (TPSA) is 126 Å². The van der Waals surface area contributed by atoms with E-state index in [1.54, 1.807) is 35.0 Å². The Balaban J connectivity index is 1.34. The van der Waals surface area contributed by atoms with Crippen molar-refractivity contribution in [2.75, 3.05) is 5.32 Å². The molecule has 2 amide bonds. The third-order valence-electron chi connectivity index (χ3n) is 8.08. The average Bonchev–Trinajstić information content (AvgIpc) is 3.40. The Hall–Kier alpha value is -4.14. The number of pyridine rings is 1. The van der Waals surface area contributed by atoms with Crippen molar-refractivity contribution in [2.45, 2.75) is 65.8 Å². The Morgan fingerprint density at radius 1 is 1.17 bits per heavy atom. The van der Waals surface area contributed by atoms with Crippen molar-refractivity contribution in [3.05, 3.63) is 63.9 Å². The zero-order valence-electron chi connectivity index (χ0n) is 23.9. The molecule has 42 heavy (non-hydrogen) atoms. The van der Waals surface area contributed by atoms with Gasteiger partial charge in [0, 0.05) is 23.3 Å². The average molecular weight is 629 g/mol. The lowest BCUT2D eigenvalue weighted by atomic mass is 9.76. The smallest absolute Gasteiger partial charge is 0.248 e. The summed E-state index contributed by atoms with van der Waals surface area (Å²) < 4.78 is 2.23. The molecule has 2 N–H and O–H groups in total. The number of halogens is 1. The standard InChI is InChI=1S/C31H30BrN7O3/c1-16-6-7-25(32)35-29(16)36-30(42)23-12-31(5)9-8-24(31)39(23)26(41)15-38-28-17(2)10-20(21-13-33-19(4)34-14-21)11-22(28)27(37-38)18(3)40/h6-7,10-11,13-14,18,23-24,40H,12,15H2,1-5H3,(H,35,36,42)/t18?,23-,24+,31+/m0/s1. The molecule has 1 aromatic carbocycles. The second-order valence-electron chi connectivity index (χ2n) is 11.3. The van der Waals surface area contributed by atoms with Crippen LogP contribution in [0.25, 0.3) is 22.0 Å². The summed E-state index contributed by atoms with van der Waals surface area (Å²) in [5.74, 6) is 6.82. The van der Waals surface area contributed by atoms with E-state index in [4.69, 9.17) is 0 Å². The van der Waals surface area contributed by atoms with E-state index in [1.165, 1.54) is 0 Å². The molecule has 3 aromatic heterocycles. The van der Waals surface area contributed by atoms with Crippen molar-refractivity contribution < 1.29 is 14.7 Å². The number of aromatic nitrogens is 5. The molecule has 2 aliphatic rings. The maximum Gasteiger partial charge on any atom is 0.248 e. The first-order chi connectivity index (χ1) is 19.9. The van der Waals surface area contributed by atoms with Gasteiger partial charge in [0.05, 0.1) is 22.7 Å². The Morgan fingerprint density at radius 3 is 2.57 bits per heavy atom. The van der Waals surface area contributed by atoms with Gasteiger partial charge in [0.25, 0.3) is 0 Å². The fourth-order valence-corrected chi connectivity index (χ4v) is 6.17. The van der Waals surface area contributed by atoms with Crippen LogP contribution in [0.4, 0.5) is 5.82 Å². The highest BCUT2D eigenvalue weighted by Crippen LogP contribution is 2.45. The largest absolute Gasteiger partial charge is 0.387 e. The molecule has 1 unspecified atom stereocenters. The first kappa shape index (κ1) is 28.0. The van der Waals surface area contributed by atoms with Gasteiger partial charge < -0.3 is 15.3 Å². The lowest BCUT2D eigenvalue weighted by Gasteiger charge is -2.34. The van der Waals surface area contributed by atoms with Gasteiger partial charge in [0.1, 0.15) is 34.9 Å². The van der Waals surface area contributed by atoms with E-state index in [2.05, 4.69) is 53.1 Å². The van der Waals surface area contributed by atoms with Gasteiger partial charge in [-0.05, 0) is 91.9 Å². The Kier molecular flexibility index (Phi) is 6.86. The van der Waals surface area contributed by atoms with E-state index >= 15 is 0 Å². The van der Waals surface area contributed by atoms with E-state index in [0.717, 1.165) is 33.2 Å². The van der Waals surface area contributed by atoms with Gasteiger partial charge >= 0.3 is 0 Å². The number of carbonyl (C=O) groups is 2. The second kappa shape index (κ2) is 10.3. The molecule has 11 heteroatoms. The molecule has 1 aliphatic carbocycles. The number of nitrogens with one attached hydrogen (secondary N) is 1. The van der Waals surface area contributed by atoms with Gasteiger partial charge in [-0.25, -0.2) is 15.0 Å². The van der Waals surface area contributed by atoms with Gasteiger partial charge in [0.15, 0.2) is 0 Å². The van der Waals surface area contributed by atoms with Crippen molar-refractivity contribution in [2.24, 2.45) is 5.41 Å². The molecular weight excluding hydrogens is 598 g/mol. The number of hydrogen-bond donors (Lipinski definition) is 2. The normalized spacial score (nSPS) is 21.4. The molecule has 4 atom stereocenters. The summed E-state index contributed by atoms with van der Waals surface area (Å²) in [5, 5.41) is 19.0. The van der Waals surface area contributed by atoms with Crippen molar-refractivity contribution >= 4 is 44.5 Å². The number of nitrogens with zero attached hydrogens (tertiary/aromatic N) is 6. The molecule has 1 saturated heterocycles. The lowest BCUT2D eigenvalue weighted by Crippen LogP contribution is -2.50. The zero-order valence-corrected chi connectivity index (χ0v) is 25.5. The second-order valence-corrected chi connectivity index (χ2v) is 12.1. The summed E-state index contributed by atoms with van der Waals surface area (Å²) in [6.07, 6.45) is 3.09. The number of aryl methyl sites for hydroxylation is 3. The molecule has 4 heterocycles. The fourth-order valence-electron chi connectivity index (χ4n) is 5.86. The number of anilines is 1. The Bertz CT molecular complexity index is 1820. The highest BCUT2D eigenvalue weighted by molar-refractivity contribution is 9.10. The summed E-state index contributed by atoms with van der Waals surface area (Å²) >= 11 is 3.36. The van der Waals surface area contributed by atoms with Gasteiger partial charge in [-0.3, -0.25) is 14.3 Å². The van der Waals surface area contributed by atoms with Gasteiger partial charge in [-0.2, -0.15) is 5.10 Å². The number of carbonyl (C=O) groups excluding carboxylic acids is 2. The molecule has 0 radical (unpaired) electrons. The Labute approximate surface area is 251 Å². The predicted molar refractivity (Wildman–Crippen MR) is 161 cm³/mol. The minimum atomic E-state index is -0.861. The summed E-state index contributed by atoms with van der Waals surface area (Å²) in [4.78, 5) is 42.2. The third-order valence-corrected chi connectivity index (χ3v) is 8.52. The molecule has 1 aliphatic heterocycles. The third kappa shape index (κ3) is 4.74. The highest BCUT2D eigenvalue weighted by Gasteiger charge is 2.56. The van der Waals surface area contributed by atoms with Crippen LogP contribution in [-0.4, -0.2) is 58.6 Å². The summed E-state index contributed by atoms with van der Waals surface area (Å²) in [6, 6.07) is 6.51. The number of likely N-dealkylation sites (tertiary alicyclic amines) is 1. The first-order valence-corrected chi connectivity index (χ1v) is 14.5. The van der Waals surface area contributed by atoms with E-state index < -0.39 is 17.6 Å². The number of aliphatic hydroxyl groups is 1. The molecule has 0 bridgehead atoms. The van der Waals surface area contributed by atoms with Crippen LogP contribution in [0, 0.1) is 38.0 Å². The van der Waals surface area contributed by atoms with E-state index in [1.807, 2.05) is 45.9 Å². The molecule has 4 aromatic rings. The molecule has 214 valence electrons. The minimum Gasteiger partial charge on any atom is -0.387 e. The van der Waals surface area contributed by atoms with Gasteiger partial charge in [-0.1, -0.05) is 17.9 Å². The van der Waals surface area contributed by atoms with Crippen molar-refractivity contribution in [3.63, 3.8) is 0 Å². The molecule has 10 nitrogen and oxygen atoms in total. The molecule has 0 spiro atoms. The molecule has 0 saturated carbocycles. The van der Waals surface area contributed by atoms with Crippen LogP contribution in [0.15, 0.2) is 41.3 Å². The monoisotopic (exact) mass is 627 g/mol. The highest BCUT2D eigenvalue weighted by atomic mass is 79.9.